The average molecular weight is 479 g/mol. The summed E-state index contributed by atoms with van der Waals surface area (Å²) in [6, 6.07) is 4.56. The van der Waals surface area contributed by atoms with E-state index in [0.717, 1.165) is 5.56 Å². The van der Waals surface area contributed by atoms with E-state index in [9.17, 15) is 29.4 Å². The summed E-state index contributed by atoms with van der Waals surface area (Å²) in [4.78, 5) is 49.7. The second kappa shape index (κ2) is 14.3. The molecule has 3 amide bonds. The number of nitrogens with one attached hydrogen (secondary N) is 3. The Morgan fingerprint density at radius 2 is 1.41 bits per heavy atom. The van der Waals surface area contributed by atoms with Gasteiger partial charge in [0.2, 0.25) is 17.7 Å². The van der Waals surface area contributed by atoms with E-state index in [1.807, 2.05) is 33.8 Å². The highest BCUT2D eigenvalue weighted by molar-refractivity contribution is 5.94. The molecule has 1 rings (SSSR count). The van der Waals surface area contributed by atoms with Gasteiger partial charge in [0.1, 0.15) is 18.1 Å². The lowest BCUT2D eigenvalue weighted by atomic mass is 9.98. The van der Waals surface area contributed by atoms with E-state index < -0.39 is 54.5 Å². The summed E-state index contributed by atoms with van der Waals surface area (Å²) in [5, 5.41) is 26.5. The highest BCUT2D eigenvalue weighted by Crippen LogP contribution is 2.09. The minimum atomic E-state index is -1.39. The lowest BCUT2D eigenvalue weighted by Gasteiger charge is -2.25. The van der Waals surface area contributed by atoms with E-state index in [1.165, 1.54) is 0 Å². The number of carbonyl (C=O) groups is 4. The fraction of sp³-hybridized carbons (Fsp3) is 0.583. The maximum atomic E-state index is 13.0. The number of rotatable bonds is 14. The normalized spacial score (nSPS) is 15.5. The van der Waals surface area contributed by atoms with Crippen LogP contribution in [-0.2, 0) is 25.6 Å². The van der Waals surface area contributed by atoms with Crippen LogP contribution >= 0.6 is 0 Å². The number of hydrogen-bond donors (Lipinski definition) is 6. The minimum absolute atomic E-state index is 0.00348. The summed E-state index contributed by atoms with van der Waals surface area (Å²) in [6.07, 6.45) is 1.00. The molecule has 0 spiro atoms. The highest BCUT2D eigenvalue weighted by Gasteiger charge is 2.31. The molecule has 0 saturated heterocycles. The monoisotopic (exact) mass is 478 g/mol. The Morgan fingerprint density at radius 3 is 1.91 bits per heavy atom. The number of carboxylic acids is 1. The average Bonchev–Trinajstić information content (AvgIpc) is 2.80. The zero-order valence-corrected chi connectivity index (χ0v) is 20.3. The number of carboxylic acid groups (broad SMARTS) is 1. The third-order valence-electron chi connectivity index (χ3n) is 5.61. The summed E-state index contributed by atoms with van der Waals surface area (Å²) in [5.41, 5.74) is 6.78. The van der Waals surface area contributed by atoms with Gasteiger partial charge >= 0.3 is 5.97 Å². The van der Waals surface area contributed by atoms with E-state index in [2.05, 4.69) is 16.0 Å². The number of aliphatic hydroxyl groups excluding tert-OH is 1. The Balaban J connectivity index is 3.00. The smallest absolute Gasteiger partial charge is 0.326 e. The molecule has 5 unspecified atom stereocenters. The van der Waals surface area contributed by atoms with Crippen molar-refractivity contribution in [1.29, 1.82) is 0 Å². The number of hydrogen-bond acceptors (Lipinski definition) is 6. The van der Waals surface area contributed by atoms with Crippen LogP contribution in [0.1, 0.15) is 46.1 Å². The van der Waals surface area contributed by atoms with Crippen molar-refractivity contribution in [1.82, 2.24) is 16.0 Å². The van der Waals surface area contributed by atoms with Gasteiger partial charge in [0, 0.05) is 6.42 Å². The number of benzene rings is 1. The number of aliphatic carboxylic acids is 1. The second-order valence-corrected chi connectivity index (χ2v) is 8.93. The molecule has 1 aromatic carbocycles. The third kappa shape index (κ3) is 9.48. The van der Waals surface area contributed by atoms with Crippen molar-refractivity contribution < 1.29 is 29.4 Å². The van der Waals surface area contributed by atoms with Crippen LogP contribution in [0.3, 0.4) is 0 Å². The van der Waals surface area contributed by atoms with Crippen molar-refractivity contribution in [2.75, 3.05) is 6.61 Å². The van der Waals surface area contributed by atoms with E-state index in [-0.39, 0.29) is 24.7 Å². The summed E-state index contributed by atoms with van der Waals surface area (Å²) < 4.78 is 0. The van der Waals surface area contributed by atoms with Crippen LogP contribution in [-0.4, -0.2) is 64.7 Å². The molecule has 5 atom stereocenters. The van der Waals surface area contributed by atoms with Crippen molar-refractivity contribution in [3.05, 3.63) is 35.9 Å². The first-order valence-electron chi connectivity index (χ1n) is 11.5. The van der Waals surface area contributed by atoms with Gasteiger partial charge in [-0.25, -0.2) is 4.79 Å². The van der Waals surface area contributed by atoms with Crippen molar-refractivity contribution in [2.45, 2.75) is 71.1 Å². The van der Waals surface area contributed by atoms with Crippen LogP contribution in [0.25, 0.3) is 0 Å². The van der Waals surface area contributed by atoms with Gasteiger partial charge in [0.15, 0.2) is 0 Å². The molecular weight excluding hydrogens is 440 g/mol. The maximum absolute atomic E-state index is 13.0. The first-order chi connectivity index (χ1) is 16.0. The van der Waals surface area contributed by atoms with Gasteiger partial charge in [-0.15, -0.1) is 0 Å². The summed E-state index contributed by atoms with van der Waals surface area (Å²) in [6.45, 7) is 6.62. The Bertz CT molecular complexity index is 817. The summed E-state index contributed by atoms with van der Waals surface area (Å²) >= 11 is 0. The Morgan fingerprint density at radius 1 is 0.882 bits per heavy atom. The SMILES string of the molecule is CCC(C)C(N)C(=O)NC(Cc1ccccc1)C(=O)NC(CO)C(=O)NC(CC(C)C)C(=O)O. The van der Waals surface area contributed by atoms with Gasteiger partial charge in [0.25, 0.3) is 0 Å². The summed E-state index contributed by atoms with van der Waals surface area (Å²) in [7, 11) is 0. The molecule has 0 aliphatic carbocycles. The molecule has 1 aromatic rings. The molecule has 0 saturated carbocycles. The lowest BCUT2D eigenvalue weighted by molar-refractivity contribution is -0.143. The van der Waals surface area contributed by atoms with Crippen LogP contribution in [0.15, 0.2) is 30.3 Å². The van der Waals surface area contributed by atoms with Gasteiger partial charge in [-0.1, -0.05) is 64.4 Å². The highest BCUT2D eigenvalue weighted by atomic mass is 16.4. The maximum Gasteiger partial charge on any atom is 0.326 e. The molecule has 10 heteroatoms. The van der Waals surface area contributed by atoms with Gasteiger partial charge in [-0.3, -0.25) is 14.4 Å². The van der Waals surface area contributed by atoms with Gasteiger partial charge in [0.05, 0.1) is 12.6 Å². The first kappa shape index (κ1) is 29.1. The van der Waals surface area contributed by atoms with E-state index in [4.69, 9.17) is 5.73 Å². The van der Waals surface area contributed by atoms with Crippen LogP contribution in [0.4, 0.5) is 0 Å². The zero-order valence-electron chi connectivity index (χ0n) is 20.3. The summed E-state index contributed by atoms with van der Waals surface area (Å²) in [5.74, 6) is -3.34. The van der Waals surface area contributed by atoms with E-state index in [1.54, 1.807) is 24.3 Å². The van der Waals surface area contributed by atoms with Crippen LogP contribution in [0.5, 0.6) is 0 Å². The molecule has 0 fully saturated rings. The van der Waals surface area contributed by atoms with E-state index in [0.29, 0.717) is 6.42 Å². The molecule has 10 nitrogen and oxygen atoms in total. The van der Waals surface area contributed by atoms with Gasteiger partial charge < -0.3 is 31.9 Å². The van der Waals surface area contributed by atoms with Crippen molar-refractivity contribution in [3.63, 3.8) is 0 Å². The fourth-order valence-corrected chi connectivity index (χ4v) is 3.27. The minimum Gasteiger partial charge on any atom is -0.480 e. The fourth-order valence-electron chi connectivity index (χ4n) is 3.27. The number of nitrogens with two attached hydrogens (primary N) is 1. The van der Waals surface area contributed by atoms with Crippen molar-refractivity contribution >= 4 is 23.7 Å². The third-order valence-corrected chi connectivity index (χ3v) is 5.61. The molecule has 0 bridgehead atoms. The van der Waals surface area contributed by atoms with Crippen LogP contribution in [0.2, 0.25) is 0 Å². The Labute approximate surface area is 200 Å². The zero-order chi connectivity index (χ0) is 25.8. The molecule has 0 radical (unpaired) electrons. The molecular formula is C24H38N4O6. The lowest BCUT2D eigenvalue weighted by Crippen LogP contribution is -2.59. The molecule has 34 heavy (non-hydrogen) atoms. The van der Waals surface area contributed by atoms with Gasteiger partial charge in [-0.05, 0) is 23.8 Å². The topological polar surface area (TPSA) is 171 Å². The number of carbonyl (C=O) groups excluding carboxylic acids is 3. The molecule has 7 N–H and O–H groups in total. The van der Waals surface area contributed by atoms with Crippen LogP contribution < -0.4 is 21.7 Å². The molecule has 0 aromatic heterocycles. The first-order valence-corrected chi connectivity index (χ1v) is 11.5. The second-order valence-electron chi connectivity index (χ2n) is 8.93. The largest absolute Gasteiger partial charge is 0.480 e. The van der Waals surface area contributed by atoms with Crippen molar-refractivity contribution in [3.8, 4) is 0 Å². The Hall–Kier alpha value is -2.98. The van der Waals surface area contributed by atoms with Crippen LogP contribution in [0, 0.1) is 11.8 Å². The predicted molar refractivity (Wildman–Crippen MR) is 128 cm³/mol. The standard InChI is InChI=1S/C24H38N4O6/c1-5-15(4)20(25)23(32)26-17(12-16-9-7-6-8-10-16)21(30)28-19(13-29)22(31)27-18(24(33)34)11-14(2)3/h6-10,14-15,17-20,29H,5,11-13,25H2,1-4H3,(H,26,32)(H,27,31)(H,28,30)(H,33,34). The predicted octanol–water partition coefficient (Wildman–Crippen LogP) is 0.180. The van der Waals surface area contributed by atoms with Crippen molar-refractivity contribution in [2.24, 2.45) is 17.6 Å². The van der Waals surface area contributed by atoms with Gasteiger partial charge in [-0.2, -0.15) is 0 Å². The quantitative estimate of drug-likeness (QED) is 0.221. The number of amides is 3. The molecule has 190 valence electrons. The van der Waals surface area contributed by atoms with E-state index >= 15 is 0 Å². The molecule has 0 aliphatic heterocycles. The molecule has 0 heterocycles. The Kier molecular flexibility index (Phi) is 12.2. The molecule has 0 aliphatic rings. The number of aliphatic hydroxyl groups is 1.